The molecule has 88 valence electrons. The van der Waals surface area contributed by atoms with E-state index in [0.29, 0.717) is 5.92 Å². The summed E-state index contributed by atoms with van der Waals surface area (Å²) in [4.78, 5) is 0. The van der Waals surface area contributed by atoms with E-state index >= 15 is 0 Å². The Balaban J connectivity index is 1.89. The van der Waals surface area contributed by atoms with Gasteiger partial charge in [0.2, 0.25) is 0 Å². The Labute approximate surface area is 103 Å². The first-order valence-corrected chi connectivity index (χ1v) is 6.16. The Kier molecular flexibility index (Phi) is 3.97. The van der Waals surface area contributed by atoms with Crippen LogP contribution in [0.5, 0.6) is 0 Å². The minimum absolute atomic E-state index is 0.125. The first-order valence-electron chi connectivity index (χ1n) is 5.37. The van der Waals surface area contributed by atoms with Crippen LogP contribution in [0.2, 0.25) is 0 Å². The number of hydrogen-bond acceptors (Lipinski definition) is 3. The number of ether oxygens (including phenoxy) is 1. The Hall–Kier alpha value is -0.420. The summed E-state index contributed by atoms with van der Waals surface area (Å²) in [6.45, 7) is -0.250. The van der Waals surface area contributed by atoms with E-state index < -0.39 is 6.10 Å². The molecule has 0 amide bonds. The van der Waals surface area contributed by atoms with Crippen molar-refractivity contribution in [2.45, 2.75) is 24.5 Å². The molecule has 0 aromatic heterocycles. The summed E-state index contributed by atoms with van der Waals surface area (Å²) in [5, 5.41) is 17.8. The van der Waals surface area contributed by atoms with Crippen molar-refractivity contribution < 1.29 is 14.9 Å². The summed E-state index contributed by atoms with van der Waals surface area (Å²) in [7, 11) is 0. The van der Waals surface area contributed by atoms with Crippen LogP contribution in [0.15, 0.2) is 28.7 Å². The fourth-order valence-electron chi connectivity index (χ4n) is 1.77. The quantitative estimate of drug-likeness (QED) is 0.866. The molecule has 3 nitrogen and oxygen atoms in total. The standard InChI is InChI=1S/C12H15BrO3/c13-9-3-1-8(2-4-9)11-5-12(11)16-10(6-14)7-15/h1-4,10-12,14-15H,5-7H2/t11-,12+/m0/s1. The number of hydrogen-bond donors (Lipinski definition) is 2. The summed E-state index contributed by atoms with van der Waals surface area (Å²) < 4.78 is 6.61. The minimum Gasteiger partial charge on any atom is -0.394 e. The first kappa shape index (κ1) is 12.0. The Morgan fingerprint density at radius 1 is 1.25 bits per heavy atom. The number of aliphatic hydroxyl groups is 2. The van der Waals surface area contributed by atoms with E-state index in [1.54, 1.807) is 0 Å². The summed E-state index contributed by atoms with van der Waals surface area (Å²) >= 11 is 3.40. The van der Waals surface area contributed by atoms with Crippen molar-refractivity contribution in [3.8, 4) is 0 Å². The lowest BCUT2D eigenvalue weighted by atomic mass is 10.1. The zero-order chi connectivity index (χ0) is 11.5. The van der Waals surface area contributed by atoms with E-state index in [1.807, 2.05) is 12.1 Å². The molecule has 2 N–H and O–H groups in total. The predicted octanol–water partition coefficient (Wildman–Crippen LogP) is 1.67. The lowest BCUT2D eigenvalue weighted by Crippen LogP contribution is -2.23. The zero-order valence-electron chi connectivity index (χ0n) is 8.84. The van der Waals surface area contributed by atoms with Gasteiger partial charge < -0.3 is 14.9 Å². The maximum absolute atomic E-state index is 8.90. The van der Waals surface area contributed by atoms with Crippen molar-refractivity contribution >= 4 is 15.9 Å². The van der Waals surface area contributed by atoms with Crippen molar-refractivity contribution in [1.82, 2.24) is 0 Å². The molecule has 1 fully saturated rings. The Morgan fingerprint density at radius 3 is 2.44 bits per heavy atom. The van der Waals surface area contributed by atoms with Gasteiger partial charge in [0.15, 0.2) is 0 Å². The van der Waals surface area contributed by atoms with E-state index in [9.17, 15) is 0 Å². The number of benzene rings is 1. The molecule has 16 heavy (non-hydrogen) atoms. The van der Waals surface area contributed by atoms with Crippen molar-refractivity contribution in [3.63, 3.8) is 0 Å². The first-order chi connectivity index (χ1) is 7.74. The van der Waals surface area contributed by atoms with Crippen molar-refractivity contribution in [3.05, 3.63) is 34.3 Å². The molecule has 1 aliphatic rings. The summed E-state index contributed by atoms with van der Waals surface area (Å²) in [6.07, 6.45) is 0.675. The Bertz CT molecular complexity index is 335. The van der Waals surface area contributed by atoms with Crippen LogP contribution in [0, 0.1) is 0 Å². The highest BCUT2D eigenvalue weighted by Gasteiger charge is 2.40. The largest absolute Gasteiger partial charge is 0.394 e. The number of rotatable bonds is 5. The molecule has 0 heterocycles. The highest BCUT2D eigenvalue weighted by atomic mass is 79.9. The molecule has 1 aromatic rings. The smallest absolute Gasteiger partial charge is 0.104 e. The van der Waals surface area contributed by atoms with Gasteiger partial charge in [-0.1, -0.05) is 28.1 Å². The van der Waals surface area contributed by atoms with Crippen LogP contribution in [0.25, 0.3) is 0 Å². The molecular formula is C12H15BrO3. The van der Waals surface area contributed by atoms with Gasteiger partial charge in [0.1, 0.15) is 6.10 Å². The van der Waals surface area contributed by atoms with E-state index in [2.05, 4.69) is 28.1 Å². The third kappa shape index (κ3) is 2.83. The summed E-state index contributed by atoms with van der Waals surface area (Å²) in [5.74, 6) is 0.411. The van der Waals surface area contributed by atoms with Gasteiger partial charge in [-0.25, -0.2) is 0 Å². The molecule has 1 aliphatic carbocycles. The summed E-state index contributed by atoms with van der Waals surface area (Å²) in [5.41, 5.74) is 1.25. The summed E-state index contributed by atoms with van der Waals surface area (Å²) in [6, 6.07) is 8.18. The highest BCUT2D eigenvalue weighted by Crippen LogP contribution is 2.44. The molecule has 1 aromatic carbocycles. The molecule has 0 unspecified atom stereocenters. The lowest BCUT2D eigenvalue weighted by Gasteiger charge is -2.12. The van der Waals surface area contributed by atoms with Crippen molar-refractivity contribution in [1.29, 1.82) is 0 Å². The van der Waals surface area contributed by atoms with Gasteiger partial charge in [0, 0.05) is 10.4 Å². The maximum Gasteiger partial charge on any atom is 0.104 e. The molecule has 0 radical (unpaired) electrons. The van der Waals surface area contributed by atoms with Crippen LogP contribution >= 0.6 is 15.9 Å². The highest BCUT2D eigenvalue weighted by molar-refractivity contribution is 9.10. The van der Waals surface area contributed by atoms with Crippen LogP contribution in [0.3, 0.4) is 0 Å². The molecule has 2 atom stereocenters. The van der Waals surface area contributed by atoms with Crippen LogP contribution in [-0.4, -0.2) is 35.6 Å². The second-order valence-electron chi connectivity index (χ2n) is 4.06. The molecule has 0 saturated heterocycles. The SMILES string of the molecule is OCC(CO)O[C@@H]1C[C@H]1c1ccc(Br)cc1. The van der Waals surface area contributed by atoms with E-state index in [1.165, 1.54) is 5.56 Å². The molecule has 0 spiro atoms. The topological polar surface area (TPSA) is 49.7 Å². The second-order valence-corrected chi connectivity index (χ2v) is 4.97. The third-order valence-electron chi connectivity index (χ3n) is 2.80. The average Bonchev–Trinajstić information content (AvgIpc) is 3.06. The van der Waals surface area contributed by atoms with Crippen LogP contribution < -0.4 is 0 Å². The zero-order valence-corrected chi connectivity index (χ0v) is 10.4. The maximum atomic E-state index is 8.90. The van der Waals surface area contributed by atoms with E-state index in [-0.39, 0.29) is 19.3 Å². The molecule has 0 aliphatic heterocycles. The fraction of sp³-hybridized carbons (Fsp3) is 0.500. The monoisotopic (exact) mass is 286 g/mol. The van der Waals surface area contributed by atoms with Gasteiger partial charge in [-0.2, -0.15) is 0 Å². The molecule has 2 rings (SSSR count). The van der Waals surface area contributed by atoms with E-state index in [0.717, 1.165) is 10.9 Å². The van der Waals surface area contributed by atoms with E-state index in [4.69, 9.17) is 14.9 Å². The van der Waals surface area contributed by atoms with Crippen LogP contribution in [-0.2, 0) is 4.74 Å². The third-order valence-corrected chi connectivity index (χ3v) is 3.33. The predicted molar refractivity (Wildman–Crippen MR) is 64.3 cm³/mol. The van der Waals surface area contributed by atoms with Crippen molar-refractivity contribution in [2.24, 2.45) is 0 Å². The van der Waals surface area contributed by atoms with Crippen LogP contribution in [0.4, 0.5) is 0 Å². The normalized spacial score (nSPS) is 23.8. The lowest BCUT2D eigenvalue weighted by molar-refractivity contribution is -0.0305. The average molecular weight is 287 g/mol. The van der Waals surface area contributed by atoms with Gasteiger partial charge in [0.05, 0.1) is 19.3 Å². The van der Waals surface area contributed by atoms with Gasteiger partial charge in [-0.05, 0) is 24.1 Å². The molecule has 0 bridgehead atoms. The van der Waals surface area contributed by atoms with Gasteiger partial charge in [0.25, 0.3) is 0 Å². The van der Waals surface area contributed by atoms with Crippen molar-refractivity contribution in [2.75, 3.05) is 13.2 Å². The van der Waals surface area contributed by atoms with Gasteiger partial charge in [-0.15, -0.1) is 0 Å². The number of aliphatic hydroxyl groups excluding tert-OH is 2. The fourth-order valence-corrected chi connectivity index (χ4v) is 2.04. The van der Waals surface area contributed by atoms with Gasteiger partial charge in [-0.3, -0.25) is 0 Å². The minimum atomic E-state index is -0.439. The second kappa shape index (κ2) is 5.27. The molecule has 4 heteroatoms. The molecular weight excluding hydrogens is 272 g/mol. The number of halogens is 1. The van der Waals surface area contributed by atoms with Gasteiger partial charge >= 0.3 is 0 Å². The molecule has 1 saturated carbocycles. The van der Waals surface area contributed by atoms with Crippen LogP contribution in [0.1, 0.15) is 17.9 Å². The Morgan fingerprint density at radius 2 is 1.88 bits per heavy atom.